The molecule has 0 spiro atoms. The fourth-order valence-electron chi connectivity index (χ4n) is 2.02. The summed E-state index contributed by atoms with van der Waals surface area (Å²) in [6.45, 7) is 6.13. The van der Waals surface area contributed by atoms with E-state index in [2.05, 4.69) is 5.32 Å². The third kappa shape index (κ3) is 5.76. The van der Waals surface area contributed by atoms with Crippen molar-refractivity contribution in [2.45, 2.75) is 39.2 Å². The summed E-state index contributed by atoms with van der Waals surface area (Å²) in [6, 6.07) is 4.00. The van der Waals surface area contributed by atoms with Crippen molar-refractivity contribution in [1.82, 2.24) is 5.32 Å². The standard InChI is InChI=1S/C17H25FN2O3.ClH/c1-11(2)17(3,10-19)20-16(22)8-6-14(21)12-5-7-15(23-4)13(18)9-12;/h5,7,9,11H,6,8,10,19H2,1-4H3,(H,20,22);1H. The first kappa shape index (κ1) is 22.3. The fourth-order valence-corrected chi connectivity index (χ4v) is 2.02. The molecule has 1 rings (SSSR count). The topological polar surface area (TPSA) is 81.4 Å². The highest BCUT2D eigenvalue weighted by molar-refractivity contribution is 5.98. The van der Waals surface area contributed by atoms with Gasteiger partial charge in [0.1, 0.15) is 0 Å². The van der Waals surface area contributed by atoms with Crippen molar-refractivity contribution in [1.29, 1.82) is 0 Å². The summed E-state index contributed by atoms with van der Waals surface area (Å²) in [6.07, 6.45) is 0.0468. The van der Waals surface area contributed by atoms with Gasteiger partial charge in [0.25, 0.3) is 0 Å². The molecule has 136 valence electrons. The van der Waals surface area contributed by atoms with E-state index in [1.54, 1.807) is 0 Å². The smallest absolute Gasteiger partial charge is 0.220 e. The summed E-state index contributed by atoms with van der Waals surface area (Å²) < 4.78 is 18.4. The number of rotatable bonds is 8. The molecule has 3 N–H and O–H groups in total. The number of nitrogens with one attached hydrogen (secondary N) is 1. The number of methoxy groups -OCH3 is 1. The van der Waals surface area contributed by atoms with Gasteiger partial charge in [-0.3, -0.25) is 9.59 Å². The quantitative estimate of drug-likeness (QED) is 0.698. The summed E-state index contributed by atoms with van der Waals surface area (Å²) in [4.78, 5) is 24.1. The lowest BCUT2D eigenvalue weighted by Gasteiger charge is -2.33. The minimum atomic E-state index is -0.599. The number of ether oxygens (including phenoxy) is 1. The first-order valence-electron chi connectivity index (χ1n) is 7.61. The Morgan fingerprint density at radius 2 is 1.96 bits per heavy atom. The van der Waals surface area contributed by atoms with Crippen LogP contribution in [0.15, 0.2) is 18.2 Å². The molecule has 24 heavy (non-hydrogen) atoms. The zero-order valence-corrected chi connectivity index (χ0v) is 15.3. The molecular weight excluding hydrogens is 335 g/mol. The van der Waals surface area contributed by atoms with Crippen LogP contribution >= 0.6 is 12.4 Å². The third-order valence-electron chi connectivity index (χ3n) is 4.18. The SMILES string of the molecule is COc1ccc(C(=O)CCC(=O)NC(C)(CN)C(C)C)cc1F.Cl. The molecule has 0 aliphatic heterocycles. The number of nitrogens with two attached hydrogens (primary N) is 1. The van der Waals surface area contributed by atoms with Gasteiger partial charge in [-0.1, -0.05) is 13.8 Å². The molecule has 7 heteroatoms. The van der Waals surface area contributed by atoms with E-state index in [-0.39, 0.29) is 54.2 Å². The largest absolute Gasteiger partial charge is 0.494 e. The maximum Gasteiger partial charge on any atom is 0.220 e. The Balaban J connectivity index is 0.00000529. The van der Waals surface area contributed by atoms with Crippen molar-refractivity contribution < 1.29 is 18.7 Å². The Bertz CT molecular complexity index is 581. The van der Waals surface area contributed by atoms with Gasteiger partial charge >= 0.3 is 0 Å². The normalized spacial score (nSPS) is 13.0. The molecule has 0 fully saturated rings. The Morgan fingerprint density at radius 3 is 2.42 bits per heavy atom. The molecule has 5 nitrogen and oxygen atoms in total. The van der Waals surface area contributed by atoms with Gasteiger partial charge in [-0.2, -0.15) is 0 Å². The molecular formula is C17H26ClFN2O3. The van der Waals surface area contributed by atoms with Gasteiger partial charge in [-0.25, -0.2) is 4.39 Å². The Kier molecular flexibility index (Phi) is 8.93. The minimum absolute atomic E-state index is 0. The van der Waals surface area contributed by atoms with Gasteiger partial charge < -0.3 is 15.8 Å². The molecule has 1 aromatic carbocycles. The Hall–Kier alpha value is -1.66. The highest BCUT2D eigenvalue weighted by Gasteiger charge is 2.28. The van der Waals surface area contributed by atoms with Crippen LogP contribution in [0, 0.1) is 11.7 Å². The molecule has 0 aliphatic rings. The predicted octanol–water partition coefficient (Wildman–Crippen LogP) is 2.71. The number of Topliss-reactive ketones (excluding diaryl/α,β-unsaturated/α-hetero) is 1. The zero-order valence-electron chi connectivity index (χ0n) is 14.5. The van der Waals surface area contributed by atoms with E-state index in [4.69, 9.17) is 10.5 Å². The van der Waals surface area contributed by atoms with Gasteiger partial charge in [-0.05, 0) is 31.0 Å². The third-order valence-corrected chi connectivity index (χ3v) is 4.18. The van der Waals surface area contributed by atoms with Crippen LogP contribution in [-0.4, -0.2) is 30.9 Å². The lowest BCUT2D eigenvalue weighted by molar-refractivity contribution is -0.123. The molecule has 1 unspecified atom stereocenters. The lowest BCUT2D eigenvalue weighted by atomic mass is 9.88. The first-order valence-corrected chi connectivity index (χ1v) is 7.61. The lowest BCUT2D eigenvalue weighted by Crippen LogP contribution is -2.55. The van der Waals surface area contributed by atoms with E-state index in [0.29, 0.717) is 6.54 Å². The van der Waals surface area contributed by atoms with Crippen molar-refractivity contribution >= 4 is 24.1 Å². The number of carbonyl (C=O) groups is 2. The average molecular weight is 361 g/mol. The number of hydrogen-bond acceptors (Lipinski definition) is 4. The number of halogens is 2. The summed E-state index contributed by atoms with van der Waals surface area (Å²) in [5.41, 5.74) is 5.43. The second-order valence-electron chi connectivity index (χ2n) is 6.10. The van der Waals surface area contributed by atoms with Gasteiger partial charge in [0.15, 0.2) is 17.3 Å². The Labute approximate surface area is 148 Å². The highest BCUT2D eigenvalue weighted by Crippen LogP contribution is 2.19. The molecule has 1 atom stereocenters. The number of amides is 1. The van der Waals surface area contributed by atoms with Gasteiger partial charge in [0.05, 0.1) is 12.6 Å². The van der Waals surface area contributed by atoms with E-state index >= 15 is 0 Å². The van der Waals surface area contributed by atoms with Gasteiger partial charge in [-0.15, -0.1) is 12.4 Å². The molecule has 0 aromatic heterocycles. The van der Waals surface area contributed by atoms with Crippen LogP contribution in [0.5, 0.6) is 5.75 Å². The van der Waals surface area contributed by atoms with Crippen LogP contribution in [0.25, 0.3) is 0 Å². The number of hydrogen-bond donors (Lipinski definition) is 2. The molecule has 0 aliphatic carbocycles. The van der Waals surface area contributed by atoms with Crippen LogP contribution in [0.3, 0.4) is 0 Å². The summed E-state index contributed by atoms with van der Waals surface area (Å²) >= 11 is 0. The van der Waals surface area contributed by atoms with Crippen LogP contribution in [0.4, 0.5) is 4.39 Å². The average Bonchev–Trinajstić information content (AvgIpc) is 2.52. The summed E-state index contributed by atoms with van der Waals surface area (Å²) in [7, 11) is 1.35. The maximum atomic E-state index is 13.6. The van der Waals surface area contributed by atoms with Crippen molar-refractivity contribution in [3.05, 3.63) is 29.6 Å². The molecule has 1 amide bonds. The van der Waals surface area contributed by atoms with E-state index < -0.39 is 11.4 Å². The molecule has 1 aromatic rings. The molecule has 0 bridgehead atoms. The summed E-state index contributed by atoms with van der Waals surface area (Å²) in [5, 5.41) is 2.87. The van der Waals surface area contributed by atoms with Gasteiger partial charge in [0.2, 0.25) is 5.91 Å². The van der Waals surface area contributed by atoms with Crippen molar-refractivity contribution in [2.75, 3.05) is 13.7 Å². The van der Waals surface area contributed by atoms with Crippen molar-refractivity contribution in [3.63, 3.8) is 0 Å². The molecule has 0 radical (unpaired) electrons. The first-order chi connectivity index (χ1) is 10.7. The van der Waals surface area contributed by atoms with E-state index in [1.807, 2.05) is 20.8 Å². The van der Waals surface area contributed by atoms with Crippen molar-refractivity contribution in [2.24, 2.45) is 11.7 Å². The fraction of sp³-hybridized carbons (Fsp3) is 0.529. The maximum absolute atomic E-state index is 13.6. The predicted molar refractivity (Wildman–Crippen MR) is 94.2 cm³/mol. The number of benzene rings is 1. The Morgan fingerprint density at radius 1 is 1.33 bits per heavy atom. The van der Waals surface area contributed by atoms with Crippen LogP contribution in [-0.2, 0) is 4.79 Å². The van der Waals surface area contributed by atoms with Crippen LogP contribution in [0.2, 0.25) is 0 Å². The minimum Gasteiger partial charge on any atom is -0.494 e. The second-order valence-corrected chi connectivity index (χ2v) is 6.10. The number of ketones is 1. The zero-order chi connectivity index (χ0) is 17.6. The molecule has 0 heterocycles. The van der Waals surface area contributed by atoms with Crippen molar-refractivity contribution in [3.8, 4) is 5.75 Å². The van der Waals surface area contributed by atoms with Gasteiger partial charge in [0, 0.05) is 24.9 Å². The molecule has 0 saturated carbocycles. The van der Waals surface area contributed by atoms with E-state index in [0.717, 1.165) is 6.07 Å². The second kappa shape index (κ2) is 9.59. The monoisotopic (exact) mass is 360 g/mol. The summed E-state index contributed by atoms with van der Waals surface area (Å²) in [5.74, 6) is -0.884. The van der Waals surface area contributed by atoms with Crippen LogP contribution in [0.1, 0.15) is 44.0 Å². The van der Waals surface area contributed by atoms with E-state index in [9.17, 15) is 14.0 Å². The molecule has 0 saturated heterocycles. The van der Waals surface area contributed by atoms with E-state index in [1.165, 1.54) is 19.2 Å². The highest BCUT2D eigenvalue weighted by atomic mass is 35.5. The van der Waals surface area contributed by atoms with Crippen LogP contribution < -0.4 is 15.8 Å². The number of carbonyl (C=O) groups excluding carboxylic acids is 2.